The van der Waals surface area contributed by atoms with E-state index in [-0.39, 0.29) is 5.91 Å². The van der Waals surface area contributed by atoms with Crippen molar-refractivity contribution >= 4 is 29.6 Å². The molecule has 8 nitrogen and oxygen atoms in total. The van der Waals surface area contributed by atoms with E-state index in [0.29, 0.717) is 11.5 Å². The summed E-state index contributed by atoms with van der Waals surface area (Å²) < 4.78 is 5.92. The number of likely N-dealkylation sites (N-methyl/N-ethyl adjacent to an activating group) is 1. The van der Waals surface area contributed by atoms with Crippen molar-refractivity contribution in [3.8, 4) is 0 Å². The number of rotatable bonds is 9. The van der Waals surface area contributed by atoms with Crippen LogP contribution >= 0.6 is 11.8 Å². The Hall–Kier alpha value is -3.14. The lowest BCUT2D eigenvalue weighted by Crippen LogP contribution is -2.47. The SMILES string of the molecule is CCc1cc(N2CCN(C/C=C/c3ccccc3)CC2)nc(SCc2ccc(C(=O)N3CCN(C)CC3)o2)n1. The second kappa shape index (κ2) is 13.3. The third kappa shape index (κ3) is 7.50. The molecule has 0 spiro atoms. The summed E-state index contributed by atoms with van der Waals surface area (Å²) in [4.78, 5) is 31.4. The van der Waals surface area contributed by atoms with Gasteiger partial charge in [0.05, 0.1) is 5.75 Å². The molecular weight excluding hydrogens is 508 g/mol. The minimum atomic E-state index is -0.0273. The zero-order valence-electron chi connectivity index (χ0n) is 23.0. The highest BCUT2D eigenvalue weighted by Crippen LogP contribution is 2.25. The normalized spacial score (nSPS) is 17.3. The topological polar surface area (TPSA) is 69.0 Å². The molecule has 0 aliphatic carbocycles. The molecule has 2 aliphatic heterocycles. The summed E-state index contributed by atoms with van der Waals surface area (Å²) >= 11 is 1.56. The van der Waals surface area contributed by atoms with Gasteiger partial charge in [0.15, 0.2) is 10.9 Å². The number of nitrogens with zero attached hydrogens (tertiary/aromatic N) is 6. The number of carbonyl (C=O) groups excluding carboxylic acids is 1. The summed E-state index contributed by atoms with van der Waals surface area (Å²) in [5, 5.41) is 0.751. The summed E-state index contributed by atoms with van der Waals surface area (Å²) in [6, 6.07) is 16.2. The highest BCUT2D eigenvalue weighted by Gasteiger charge is 2.23. The standard InChI is InChI=1S/C30H38N6O2S/c1-3-25-22-28(35-20-16-34(17-21-35)13-7-10-24-8-5-4-6-9-24)32-30(31-25)39-23-26-11-12-27(38-26)29(37)36-18-14-33(2)15-19-36/h4-12,22H,3,13-21,23H2,1-2H3/b10-7+. The molecular formula is C30H38N6O2S. The van der Waals surface area contributed by atoms with Gasteiger partial charge < -0.3 is 19.1 Å². The Balaban J connectivity index is 1.14. The van der Waals surface area contributed by atoms with Crippen molar-refractivity contribution in [2.45, 2.75) is 24.3 Å². The third-order valence-electron chi connectivity index (χ3n) is 7.28. The van der Waals surface area contributed by atoms with Crippen LogP contribution in [0.4, 0.5) is 5.82 Å². The highest BCUT2D eigenvalue weighted by atomic mass is 32.2. The van der Waals surface area contributed by atoms with Crippen molar-refractivity contribution in [3.05, 3.63) is 77.4 Å². The molecule has 4 heterocycles. The predicted octanol–water partition coefficient (Wildman–Crippen LogP) is 4.15. The van der Waals surface area contributed by atoms with Crippen molar-refractivity contribution in [1.82, 2.24) is 24.7 Å². The molecule has 0 saturated carbocycles. The van der Waals surface area contributed by atoms with E-state index in [2.05, 4.69) is 71.2 Å². The van der Waals surface area contributed by atoms with E-state index >= 15 is 0 Å². The molecule has 0 unspecified atom stereocenters. The first-order valence-corrected chi connectivity index (χ1v) is 14.8. The van der Waals surface area contributed by atoms with Crippen LogP contribution in [0.5, 0.6) is 0 Å². The van der Waals surface area contributed by atoms with Crippen LogP contribution in [0.2, 0.25) is 0 Å². The largest absolute Gasteiger partial charge is 0.455 e. The van der Waals surface area contributed by atoms with Crippen LogP contribution in [-0.2, 0) is 12.2 Å². The molecule has 0 bridgehead atoms. The number of carbonyl (C=O) groups is 1. The van der Waals surface area contributed by atoms with Gasteiger partial charge in [-0.15, -0.1) is 0 Å². The zero-order valence-corrected chi connectivity index (χ0v) is 23.8. The summed E-state index contributed by atoms with van der Waals surface area (Å²) in [6.07, 6.45) is 5.30. The van der Waals surface area contributed by atoms with Gasteiger partial charge in [-0.3, -0.25) is 9.69 Å². The van der Waals surface area contributed by atoms with Gasteiger partial charge in [0, 0.05) is 70.7 Å². The first-order chi connectivity index (χ1) is 19.1. The molecule has 0 N–H and O–H groups in total. The van der Waals surface area contributed by atoms with Gasteiger partial charge in [0.1, 0.15) is 11.6 Å². The molecule has 39 heavy (non-hydrogen) atoms. The van der Waals surface area contributed by atoms with Crippen LogP contribution in [0.3, 0.4) is 0 Å². The fraction of sp³-hybridized carbons (Fsp3) is 0.433. The maximum absolute atomic E-state index is 12.8. The Morgan fingerprint density at radius 1 is 0.974 bits per heavy atom. The van der Waals surface area contributed by atoms with Crippen molar-refractivity contribution in [1.29, 1.82) is 0 Å². The maximum atomic E-state index is 12.8. The monoisotopic (exact) mass is 546 g/mol. The number of benzene rings is 1. The predicted molar refractivity (Wildman–Crippen MR) is 157 cm³/mol. The highest BCUT2D eigenvalue weighted by molar-refractivity contribution is 7.98. The number of hydrogen-bond donors (Lipinski definition) is 0. The van der Waals surface area contributed by atoms with Crippen molar-refractivity contribution < 1.29 is 9.21 Å². The Labute approximate surface area is 235 Å². The second-order valence-corrected chi connectivity index (χ2v) is 11.0. The average Bonchev–Trinajstić information content (AvgIpc) is 3.46. The minimum Gasteiger partial charge on any atom is -0.455 e. The molecule has 206 valence electrons. The lowest BCUT2D eigenvalue weighted by molar-refractivity contribution is 0.0631. The van der Waals surface area contributed by atoms with E-state index in [0.717, 1.165) is 87.8 Å². The van der Waals surface area contributed by atoms with Gasteiger partial charge in [-0.2, -0.15) is 0 Å². The van der Waals surface area contributed by atoms with E-state index in [4.69, 9.17) is 14.4 Å². The molecule has 1 aromatic carbocycles. The summed E-state index contributed by atoms with van der Waals surface area (Å²) in [6.45, 7) is 10.2. The Morgan fingerprint density at radius 2 is 1.74 bits per heavy atom. The number of hydrogen-bond acceptors (Lipinski definition) is 8. The van der Waals surface area contributed by atoms with Crippen LogP contribution < -0.4 is 4.90 Å². The number of piperazine rings is 2. The molecule has 0 radical (unpaired) electrons. The first-order valence-electron chi connectivity index (χ1n) is 13.8. The molecule has 2 saturated heterocycles. The Bertz CT molecular complexity index is 1250. The van der Waals surface area contributed by atoms with Crippen LogP contribution in [-0.4, -0.2) is 96.5 Å². The molecule has 0 atom stereocenters. The van der Waals surface area contributed by atoms with E-state index in [1.807, 2.05) is 17.0 Å². The van der Waals surface area contributed by atoms with Gasteiger partial charge in [-0.05, 0) is 31.2 Å². The van der Waals surface area contributed by atoms with E-state index in [1.54, 1.807) is 17.8 Å². The van der Waals surface area contributed by atoms with Crippen LogP contribution in [0, 0.1) is 0 Å². The smallest absolute Gasteiger partial charge is 0.289 e. The zero-order chi connectivity index (χ0) is 27.0. The van der Waals surface area contributed by atoms with E-state index in [9.17, 15) is 4.79 Å². The van der Waals surface area contributed by atoms with Crippen molar-refractivity contribution in [2.75, 3.05) is 70.9 Å². The van der Waals surface area contributed by atoms with Crippen LogP contribution in [0.15, 0.2) is 64.2 Å². The summed E-state index contributed by atoms with van der Waals surface area (Å²) in [5.74, 6) is 2.73. The van der Waals surface area contributed by atoms with E-state index < -0.39 is 0 Å². The Kier molecular flexibility index (Phi) is 9.34. The first kappa shape index (κ1) is 27.4. The number of anilines is 1. The van der Waals surface area contributed by atoms with Crippen LogP contribution in [0.25, 0.3) is 6.08 Å². The number of thioether (sulfide) groups is 1. The number of amides is 1. The van der Waals surface area contributed by atoms with E-state index in [1.165, 1.54) is 5.56 Å². The van der Waals surface area contributed by atoms with Gasteiger partial charge >= 0.3 is 0 Å². The number of furan rings is 1. The molecule has 2 aliphatic rings. The number of aromatic nitrogens is 2. The second-order valence-electron chi connectivity index (χ2n) is 10.1. The lowest BCUT2D eigenvalue weighted by atomic mass is 10.2. The third-order valence-corrected chi connectivity index (χ3v) is 8.15. The fourth-order valence-electron chi connectivity index (χ4n) is 4.80. The lowest BCUT2D eigenvalue weighted by Gasteiger charge is -2.35. The molecule has 1 amide bonds. The summed E-state index contributed by atoms with van der Waals surface area (Å²) in [5.41, 5.74) is 2.28. The molecule has 5 rings (SSSR count). The van der Waals surface area contributed by atoms with Gasteiger partial charge in [0.2, 0.25) is 0 Å². The maximum Gasteiger partial charge on any atom is 0.289 e. The Morgan fingerprint density at radius 3 is 2.49 bits per heavy atom. The van der Waals surface area contributed by atoms with Gasteiger partial charge in [0.25, 0.3) is 5.91 Å². The average molecular weight is 547 g/mol. The van der Waals surface area contributed by atoms with Crippen molar-refractivity contribution in [2.24, 2.45) is 0 Å². The number of aryl methyl sites for hydroxylation is 1. The minimum absolute atomic E-state index is 0.0273. The van der Waals surface area contributed by atoms with Gasteiger partial charge in [-0.1, -0.05) is 61.2 Å². The van der Waals surface area contributed by atoms with Crippen molar-refractivity contribution in [3.63, 3.8) is 0 Å². The summed E-state index contributed by atoms with van der Waals surface area (Å²) in [7, 11) is 2.08. The molecule has 9 heteroatoms. The quantitative estimate of drug-likeness (QED) is 0.293. The van der Waals surface area contributed by atoms with Gasteiger partial charge in [-0.25, -0.2) is 9.97 Å². The molecule has 3 aromatic rings. The molecule has 2 aromatic heterocycles. The molecule has 2 fully saturated rings. The fourth-order valence-corrected chi connectivity index (χ4v) is 5.57. The van der Waals surface area contributed by atoms with Crippen LogP contribution in [0.1, 0.15) is 34.5 Å².